The Morgan fingerprint density at radius 3 is 1.64 bits per heavy atom. The van der Waals surface area contributed by atoms with E-state index in [-0.39, 0.29) is 30.3 Å². The predicted molar refractivity (Wildman–Crippen MR) is 85.2 cm³/mol. The maximum atomic E-state index is 12.7. The quantitative estimate of drug-likeness (QED) is 0.446. The normalized spacial score (nSPS) is 36.8. The van der Waals surface area contributed by atoms with Gasteiger partial charge in [-0.25, -0.2) is 0 Å². The Hall–Kier alpha value is -1.22. The van der Waals surface area contributed by atoms with Crippen molar-refractivity contribution in [1.82, 2.24) is 0 Å². The van der Waals surface area contributed by atoms with E-state index < -0.39 is 23.1 Å². The molecule has 4 aliphatic heterocycles. The molecule has 4 aliphatic rings. The average molecular weight is 354 g/mol. The molecule has 0 aliphatic carbocycles. The highest BCUT2D eigenvalue weighted by Crippen LogP contribution is 2.50. The van der Waals surface area contributed by atoms with Crippen LogP contribution in [0.3, 0.4) is 0 Å². The highest BCUT2D eigenvalue weighted by atomic mass is 16.6. The number of amides is 2. The molecule has 25 heavy (non-hydrogen) atoms. The summed E-state index contributed by atoms with van der Waals surface area (Å²) in [4.78, 5) is 25.0. The number of hydrogen-bond donors (Lipinski definition) is 2. The summed E-state index contributed by atoms with van der Waals surface area (Å²) in [5, 5.41) is 0. The fourth-order valence-electron chi connectivity index (χ4n) is 4.18. The van der Waals surface area contributed by atoms with E-state index in [2.05, 4.69) is 0 Å². The van der Waals surface area contributed by atoms with Crippen LogP contribution in [0.25, 0.3) is 0 Å². The number of ether oxygens (including phenoxy) is 4. The molecule has 2 amide bonds. The van der Waals surface area contributed by atoms with Crippen LogP contribution in [0.1, 0.15) is 25.7 Å². The Balaban J connectivity index is 1.65. The largest absolute Gasteiger partial charge is 0.373 e. The molecular weight excluding hydrogens is 328 g/mol. The number of rotatable bonds is 12. The molecule has 0 aromatic carbocycles. The molecule has 140 valence electrons. The Labute approximate surface area is 146 Å². The summed E-state index contributed by atoms with van der Waals surface area (Å²) in [6, 6.07) is 0. The second-order valence-corrected chi connectivity index (χ2v) is 7.84. The van der Waals surface area contributed by atoms with Crippen molar-refractivity contribution in [3.05, 3.63) is 0 Å². The van der Waals surface area contributed by atoms with E-state index in [0.717, 1.165) is 0 Å². The second-order valence-electron chi connectivity index (χ2n) is 7.84. The topological polar surface area (TPSA) is 136 Å². The first-order chi connectivity index (χ1) is 12.0. The molecule has 4 heterocycles. The minimum Gasteiger partial charge on any atom is -0.373 e. The van der Waals surface area contributed by atoms with E-state index in [9.17, 15) is 9.59 Å². The first-order valence-electron chi connectivity index (χ1n) is 9.03. The molecule has 4 fully saturated rings. The van der Waals surface area contributed by atoms with Gasteiger partial charge >= 0.3 is 0 Å². The van der Waals surface area contributed by atoms with Crippen molar-refractivity contribution in [2.45, 2.75) is 50.1 Å². The number of carbonyl (C=O) groups is 2. The van der Waals surface area contributed by atoms with Crippen molar-refractivity contribution < 1.29 is 28.5 Å². The fraction of sp³-hybridized carbons (Fsp3) is 0.882. The lowest BCUT2D eigenvalue weighted by atomic mass is 9.61. The van der Waals surface area contributed by atoms with Crippen LogP contribution in [0, 0.1) is 17.3 Å². The molecule has 0 radical (unpaired) electrons. The standard InChI is InChI=1S/C17H26N2O6/c18-15(20)13(1-9-5-22-9)14(2-10-6-23-10)17(16(19)21,3-11-7-24-11)4-12-8-25-12/h9-14H,1-8H2,(H2,18,20)(H2,19,21). The Bertz CT molecular complexity index is 525. The zero-order valence-corrected chi connectivity index (χ0v) is 14.2. The Morgan fingerprint density at radius 2 is 1.28 bits per heavy atom. The zero-order chi connectivity index (χ0) is 17.6. The number of carbonyl (C=O) groups excluding carboxylic acids is 2. The van der Waals surface area contributed by atoms with Gasteiger partial charge in [-0.15, -0.1) is 0 Å². The highest BCUT2D eigenvalue weighted by molar-refractivity contribution is 5.84. The summed E-state index contributed by atoms with van der Waals surface area (Å²) >= 11 is 0. The summed E-state index contributed by atoms with van der Waals surface area (Å²) in [7, 11) is 0. The molecule has 8 nitrogen and oxygen atoms in total. The second kappa shape index (κ2) is 6.50. The van der Waals surface area contributed by atoms with E-state index in [1.54, 1.807) is 0 Å². The molecule has 8 heteroatoms. The Kier molecular flexibility index (Phi) is 4.47. The third-order valence-corrected chi connectivity index (χ3v) is 5.88. The van der Waals surface area contributed by atoms with Gasteiger partial charge in [0.25, 0.3) is 0 Å². The van der Waals surface area contributed by atoms with Crippen molar-refractivity contribution >= 4 is 11.8 Å². The van der Waals surface area contributed by atoms with Gasteiger partial charge in [-0.2, -0.15) is 0 Å². The number of primary amides is 2. The van der Waals surface area contributed by atoms with Crippen LogP contribution in [-0.2, 0) is 28.5 Å². The first-order valence-corrected chi connectivity index (χ1v) is 9.03. The monoisotopic (exact) mass is 354 g/mol. The number of nitrogens with two attached hydrogens (primary N) is 2. The number of epoxide rings is 4. The van der Waals surface area contributed by atoms with Crippen molar-refractivity contribution in [2.24, 2.45) is 28.7 Å². The average Bonchev–Trinajstić information content (AvgIpc) is 3.40. The summed E-state index contributed by atoms with van der Waals surface area (Å²) < 4.78 is 21.5. The van der Waals surface area contributed by atoms with E-state index in [1.165, 1.54) is 0 Å². The van der Waals surface area contributed by atoms with Gasteiger partial charge in [-0.1, -0.05) is 0 Å². The third-order valence-electron chi connectivity index (χ3n) is 5.88. The van der Waals surface area contributed by atoms with Crippen LogP contribution in [-0.4, -0.2) is 62.7 Å². The van der Waals surface area contributed by atoms with E-state index in [1.807, 2.05) is 0 Å². The summed E-state index contributed by atoms with van der Waals surface area (Å²) in [6.45, 7) is 2.54. The zero-order valence-electron chi connectivity index (χ0n) is 14.2. The SMILES string of the molecule is NC(=O)C(CC1CO1)C(CC1CO1)C(CC1CO1)(CC1CO1)C(N)=O. The summed E-state index contributed by atoms with van der Waals surface area (Å²) in [5.74, 6) is -1.55. The molecule has 0 aromatic rings. The first kappa shape index (κ1) is 17.2. The van der Waals surface area contributed by atoms with E-state index in [4.69, 9.17) is 30.4 Å². The fourth-order valence-corrected chi connectivity index (χ4v) is 4.18. The lowest BCUT2D eigenvalue weighted by molar-refractivity contribution is -0.139. The Morgan fingerprint density at radius 1 is 0.840 bits per heavy atom. The van der Waals surface area contributed by atoms with Crippen molar-refractivity contribution in [3.63, 3.8) is 0 Å². The van der Waals surface area contributed by atoms with Gasteiger partial charge < -0.3 is 30.4 Å². The van der Waals surface area contributed by atoms with Crippen LogP contribution in [0.4, 0.5) is 0 Å². The van der Waals surface area contributed by atoms with Crippen LogP contribution in [0.15, 0.2) is 0 Å². The van der Waals surface area contributed by atoms with Crippen LogP contribution >= 0.6 is 0 Å². The maximum Gasteiger partial charge on any atom is 0.224 e. The van der Waals surface area contributed by atoms with Crippen molar-refractivity contribution in [3.8, 4) is 0 Å². The lowest BCUT2D eigenvalue weighted by Gasteiger charge is -2.41. The molecule has 0 aromatic heterocycles. The molecule has 4 rings (SSSR count). The van der Waals surface area contributed by atoms with Gasteiger partial charge in [0.05, 0.1) is 56.3 Å². The van der Waals surface area contributed by atoms with Gasteiger partial charge in [0.2, 0.25) is 11.8 Å². The third kappa shape index (κ3) is 4.13. The molecule has 0 saturated carbocycles. The minimum absolute atomic E-state index is 0.0135. The van der Waals surface area contributed by atoms with E-state index >= 15 is 0 Å². The lowest BCUT2D eigenvalue weighted by Crippen LogP contribution is -2.51. The van der Waals surface area contributed by atoms with Gasteiger partial charge in [-0.3, -0.25) is 9.59 Å². The van der Waals surface area contributed by atoms with Gasteiger partial charge in [-0.05, 0) is 31.6 Å². The maximum absolute atomic E-state index is 12.7. The van der Waals surface area contributed by atoms with Crippen LogP contribution in [0.5, 0.6) is 0 Å². The molecule has 0 bridgehead atoms. The van der Waals surface area contributed by atoms with Gasteiger partial charge in [0.1, 0.15) is 0 Å². The molecule has 4 N–H and O–H groups in total. The van der Waals surface area contributed by atoms with Crippen LogP contribution in [0.2, 0.25) is 0 Å². The van der Waals surface area contributed by atoms with E-state index in [0.29, 0.717) is 52.1 Å². The molecule has 6 unspecified atom stereocenters. The highest BCUT2D eigenvalue weighted by Gasteiger charge is 2.56. The summed E-state index contributed by atoms with van der Waals surface area (Å²) in [6.07, 6.45) is 2.27. The van der Waals surface area contributed by atoms with Gasteiger partial charge in [0.15, 0.2) is 0 Å². The smallest absolute Gasteiger partial charge is 0.224 e. The number of hydrogen-bond acceptors (Lipinski definition) is 6. The van der Waals surface area contributed by atoms with Crippen LogP contribution < -0.4 is 11.5 Å². The van der Waals surface area contributed by atoms with Crippen molar-refractivity contribution in [1.29, 1.82) is 0 Å². The van der Waals surface area contributed by atoms with Gasteiger partial charge in [0, 0.05) is 5.92 Å². The van der Waals surface area contributed by atoms with Crippen molar-refractivity contribution in [2.75, 3.05) is 26.4 Å². The predicted octanol–water partition coefficient (Wildman–Crippen LogP) is -0.669. The molecule has 6 atom stereocenters. The molecule has 0 spiro atoms. The summed E-state index contributed by atoms with van der Waals surface area (Å²) in [5.41, 5.74) is 10.8. The minimum atomic E-state index is -0.872. The molecule has 4 saturated heterocycles. The molecular formula is C17H26N2O6.